The molecule has 0 bridgehead atoms. The van der Waals surface area contributed by atoms with Gasteiger partial charge in [-0.3, -0.25) is 14.5 Å². The molecular formula is C27H25BrN2O2S. The lowest BCUT2D eigenvalue weighted by molar-refractivity contribution is -0.119. The van der Waals surface area contributed by atoms with E-state index in [0.717, 1.165) is 37.7 Å². The predicted molar refractivity (Wildman–Crippen MR) is 138 cm³/mol. The molecule has 33 heavy (non-hydrogen) atoms. The van der Waals surface area contributed by atoms with Crippen molar-refractivity contribution in [2.45, 2.75) is 39.2 Å². The minimum Gasteiger partial charge on any atom is -0.357 e. The van der Waals surface area contributed by atoms with E-state index in [2.05, 4.69) is 35.1 Å². The number of amides is 1. The van der Waals surface area contributed by atoms with E-state index in [-0.39, 0.29) is 23.5 Å². The number of carbonyl (C=O) groups is 2. The van der Waals surface area contributed by atoms with Crippen LogP contribution in [-0.4, -0.2) is 11.7 Å². The molecule has 0 saturated heterocycles. The van der Waals surface area contributed by atoms with Crippen LogP contribution in [0, 0.1) is 5.41 Å². The monoisotopic (exact) mass is 520 g/mol. The first-order chi connectivity index (χ1) is 15.8. The molecule has 6 heteroatoms. The van der Waals surface area contributed by atoms with Gasteiger partial charge in [-0.1, -0.05) is 56.3 Å². The summed E-state index contributed by atoms with van der Waals surface area (Å²) < 4.78 is 0.976. The smallest absolute Gasteiger partial charge is 0.232 e. The zero-order valence-corrected chi connectivity index (χ0v) is 21.0. The van der Waals surface area contributed by atoms with Crippen LogP contribution in [0.25, 0.3) is 0 Å². The van der Waals surface area contributed by atoms with E-state index < -0.39 is 6.04 Å². The van der Waals surface area contributed by atoms with Gasteiger partial charge >= 0.3 is 0 Å². The molecule has 0 spiro atoms. The Bertz CT molecular complexity index is 1260. The summed E-state index contributed by atoms with van der Waals surface area (Å²) in [6, 6.07) is 21.2. The Kier molecular flexibility index (Phi) is 5.75. The average molecular weight is 521 g/mol. The Morgan fingerprint density at radius 1 is 1.06 bits per heavy atom. The van der Waals surface area contributed by atoms with Gasteiger partial charge in [-0.15, -0.1) is 11.3 Å². The Labute approximate surface area is 206 Å². The van der Waals surface area contributed by atoms with Crippen molar-refractivity contribution >= 4 is 50.3 Å². The van der Waals surface area contributed by atoms with Gasteiger partial charge in [0, 0.05) is 22.6 Å². The fourth-order valence-electron chi connectivity index (χ4n) is 4.86. The number of nitrogens with zero attached hydrogens (tertiary/aromatic N) is 1. The van der Waals surface area contributed by atoms with Gasteiger partial charge in [-0.2, -0.15) is 0 Å². The van der Waals surface area contributed by atoms with E-state index in [9.17, 15) is 9.59 Å². The number of anilines is 2. The Hall–Kier alpha value is -2.70. The standard InChI is InChI=1S/C27H25BrN2O2S/c1-27(2)15-19-25(21(31)16-27)26(22-12-13-23(28)33-22)30(20-11-7-6-10-18(20)29-19)24(32)14-17-8-4-3-5-9-17/h3-13,26,29H,14-16H2,1-2H3/t26-/m1/s1. The third kappa shape index (κ3) is 4.30. The molecule has 1 N–H and O–H groups in total. The number of carbonyl (C=O) groups excluding carboxylic acids is 2. The molecule has 1 amide bonds. The molecule has 168 valence electrons. The summed E-state index contributed by atoms with van der Waals surface area (Å²) in [4.78, 5) is 30.4. The lowest BCUT2D eigenvalue weighted by atomic mass is 9.74. The molecule has 0 unspecified atom stereocenters. The summed E-state index contributed by atoms with van der Waals surface area (Å²) in [5, 5.41) is 3.56. The van der Waals surface area contributed by atoms with Crippen molar-refractivity contribution in [1.82, 2.24) is 0 Å². The molecule has 1 aromatic heterocycles. The van der Waals surface area contributed by atoms with Gasteiger partial charge in [0.05, 0.1) is 21.6 Å². The molecule has 0 fully saturated rings. The predicted octanol–water partition coefficient (Wildman–Crippen LogP) is 6.90. The number of hydrogen-bond acceptors (Lipinski definition) is 4. The zero-order valence-electron chi connectivity index (χ0n) is 18.6. The van der Waals surface area contributed by atoms with Gasteiger partial charge in [0.1, 0.15) is 6.04 Å². The van der Waals surface area contributed by atoms with Crippen molar-refractivity contribution in [3.63, 3.8) is 0 Å². The second-order valence-corrected chi connectivity index (χ2v) is 11.9. The van der Waals surface area contributed by atoms with Crippen molar-refractivity contribution < 1.29 is 9.59 Å². The number of halogens is 1. The highest BCUT2D eigenvalue weighted by molar-refractivity contribution is 9.11. The number of para-hydroxylation sites is 2. The Morgan fingerprint density at radius 3 is 2.52 bits per heavy atom. The Balaban J connectivity index is 1.71. The van der Waals surface area contributed by atoms with Crippen LogP contribution in [0.2, 0.25) is 0 Å². The lowest BCUT2D eigenvalue weighted by Gasteiger charge is -2.36. The average Bonchev–Trinajstić information content (AvgIpc) is 3.13. The molecule has 3 aromatic rings. The highest BCUT2D eigenvalue weighted by atomic mass is 79.9. The van der Waals surface area contributed by atoms with Crippen molar-refractivity contribution in [1.29, 1.82) is 0 Å². The summed E-state index contributed by atoms with van der Waals surface area (Å²) in [5.74, 6) is 0.0740. The van der Waals surface area contributed by atoms with Crippen LogP contribution in [0.1, 0.15) is 43.2 Å². The number of Topliss-reactive ketones (excluding diaryl/α,β-unsaturated/α-hetero) is 1. The van der Waals surface area contributed by atoms with E-state index in [0.29, 0.717) is 12.0 Å². The van der Waals surface area contributed by atoms with Gasteiger partial charge in [0.25, 0.3) is 0 Å². The second kappa shape index (κ2) is 8.58. The van der Waals surface area contributed by atoms with Crippen LogP contribution in [0.5, 0.6) is 0 Å². The molecular weight excluding hydrogens is 496 g/mol. The Morgan fingerprint density at radius 2 is 1.79 bits per heavy atom. The van der Waals surface area contributed by atoms with E-state index >= 15 is 0 Å². The summed E-state index contributed by atoms with van der Waals surface area (Å²) in [7, 11) is 0. The van der Waals surface area contributed by atoms with Gasteiger partial charge in [0.2, 0.25) is 5.91 Å². The second-order valence-electron chi connectivity index (χ2n) is 9.45. The van der Waals surface area contributed by atoms with Crippen LogP contribution in [0.3, 0.4) is 0 Å². The summed E-state index contributed by atoms with van der Waals surface area (Å²) in [5.41, 5.74) is 4.10. The first-order valence-electron chi connectivity index (χ1n) is 11.1. The van der Waals surface area contributed by atoms with Crippen molar-refractivity contribution in [2.24, 2.45) is 5.41 Å². The molecule has 2 aliphatic rings. The highest BCUT2D eigenvalue weighted by Gasteiger charge is 2.43. The molecule has 0 saturated carbocycles. The number of allylic oxidation sites excluding steroid dienone is 1. The van der Waals surface area contributed by atoms with Crippen molar-refractivity contribution in [2.75, 3.05) is 10.2 Å². The van der Waals surface area contributed by atoms with Crippen molar-refractivity contribution in [3.05, 3.63) is 92.2 Å². The number of thiophene rings is 1. The number of benzene rings is 2. The van der Waals surface area contributed by atoms with Crippen LogP contribution in [0.15, 0.2) is 81.8 Å². The lowest BCUT2D eigenvalue weighted by Crippen LogP contribution is -2.40. The van der Waals surface area contributed by atoms with Crippen LogP contribution in [-0.2, 0) is 16.0 Å². The fraction of sp³-hybridized carbons (Fsp3) is 0.259. The van der Waals surface area contributed by atoms with Crippen LogP contribution >= 0.6 is 27.3 Å². The zero-order chi connectivity index (χ0) is 23.2. The molecule has 2 heterocycles. The van der Waals surface area contributed by atoms with Gasteiger partial charge in [0.15, 0.2) is 5.78 Å². The number of hydrogen-bond donors (Lipinski definition) is 1. The maximum atomic E-state index is 13.9. The molecule has 2 aromatic carbocycles. The number of ketones is 1. The van der Waals surface area contributed by atoms with Gasteiger partial charge < -0.3 is 5.32 Å². The molecule has 5 rings (SSSR count). The van der Waals surface area contributed by atoms with Crippen LogP contribution < -0.4 is 10.2 Å². The normalized spacial score (nSPS) is 19.4. The fourth-order valence-corrected chi connectivity index (χ4v) is 6.39. The van der Waals surface area contributed by atoms with Crippen LogP contribution in [0.4, 0.5) is 11.4 Å². The third-order valence-corrected chi connectivity index (χ3v) is 7.91. The maximum Gasteiger partial charge on any atom is 0.232 e. The van der Waals surface area contributed by atoms with E-state index in [1.165, 1.54) is 0 Å². The highest BCUT2D eigenvalue weighted by Crippen LogP contribution is 2.49. The molecule has 1 aliphatic carbocycles. The minimum atomic E-state index is -0.465. The topological polar surface area (TPSA) is 49.4 Å². The van der Waals surface area contributed by atoms with E-state index in [4.69, 9.17) is 0 Å². The molecule has 1 atom stereocenters. The molecule has 0 radical (unpaired) electrons. The summed E-state index contributed by atoms with van der Waals surface area (Å²) >= 11 is 5.15. The summed E-state index contributed by atoms with van der Waals surface area (Å²) in [6.07, 6.45) is 1.49. The maximum absolute atomic E-state index is 13.9. The van der Waals surface area contributed by atoms with Gasteiger partial charge in [-0.05, 0) is 57.6 Å². The number of nitrogens with one attached hydrogen (secondary N) is 1. The first kappa shape index (κ1) is 22.1. The quantitative estimate of drug-likeness (QED) is 0.408. The number of fused-ring (bicyclic) bond motifs is 1. The number of rotatable bonds is 3. The minimum absolute atomic E-state index is 0.0312. The van der Waals surface area contributed by atoms with Gasteiger partial charge in [-0.25, -0.2) is 0 Å². The summed E-state index contributed by atoms with van der Waals surface area (Å²) in [6.45, 7) is 4.25. The molecule has 1 aliphatic heterocycles. The van der Waals surface area contributed by atoms with E-state index in [1.54, 1.807) is 11.3 Å². The third-order valence-electron chi connectivity index (χ3n) is 6.23. The van der Waals surface area contributed by atoms with E-state index in [1.807, 2.05) is 71.6 Å². The van der Waals surface area contributed by atoms with Crippen molar-refractivity contribution in [3.8, 4) is 0 Å². The molecule has 4 nitrogen and oxygen atoms in total. The SMILES string of the molecule is CC1(C)CC(=O)C2=C(C1)Nc1ccccc1N(C(=O)Cc1ccccc1)[C@@H]2c1ccc(Br)s1. The first-order valence-corrected chi connectivity index (χ1v) is 12.7. The largest absolute Gasteiger partial charge is 0.357 e.